The van der Waals surface area contributed by atoms with Gasteiger partial charge in [0.2, 0.25) is 0 Å². The Hall–Kier alpha value is -0.630. The monoisotopic (exact) mass is 365 g/mol. The van der Waals surface area contributed by atoms with Crippen LogP contribution in [0.3, 0.4) is 0 Å². The lowest BCUT2D eigenvalue weighted by molar-refractivity contribution is 0.0941. The maximum Gasteiger partial charge on any atom is 0.251 e. The third-order valence-electron chi connectivity index (χ3n) is 2.65. The van der Waals surface area contributed by atoms with Crippen LogP contribution in [0.2, 0.25) is 0 Å². The maximum absolute atomic E-state index is 11.9. The van der Waals surface area contributed by atoms with Gasteiger partial charge in [0.25, 0.3) is 5.91 Å². The molecule has 1 amide bonds. The summed E-state index contributed by atoms with van der Waals surface area (Å²) in [7, 11) is -2.95. The van der Waals surface area contributed by atoms with Crippen molar-refractivity contribution in [3.63, 3.8) is 0 Å². The quantitative estimate of drug-likeness (QED) is 0.802. The van der Waals surface area contributed by atoms with Crippen LogP contribution >= 0.6 is 22.6 Å². The fraction of sp³-hybridized carbons (Fsp3) is 0.364. The second kappa shape index (κ2) is 4.93. The molecule has 1 aromatic carbocycles. The van der Waals surface area contributed by atoms with Crippen molar-refractivity contribution in [2.75, 3.05) is 11.5 Å². The van der Waals surface area contributed by atoms with Crippen molar-refractivity contribution in [3.05, 3.63) is 33.4 Å². The SMILES string of the molecule is O=C(NC1CCS(=O)(=O)C1)c1cccc(I)c1. The van der Waals surface area contributed by atoms with E-state index in [0.717, 1.165) is 3.57 Å². The predicted octanol–water partition coefficient (Wildman–Crippen LogP) is 1.21. The van der Waals surface area contributed by atoms with Crippen LogP contribution in [0.1, 0.15) is 16.8 Å². The van der Waals surface area contributed by atoms with Gasteiger partial charge in [-0.2, -0.15) is 0 Å². The Kier molecular flexibility index (Phi) is 3.72. The minimum Gasteiger partial charge on any atom is -0.348 e. The van der Waals surface area contributed by atoms with Gasteiger partial charge in [-0.1, -0.05) is 6.07 Å². The number of hydrogen-bond acceptors (Lipinski definition) is 3. The summed E-state index contributed by atoms with van der Waals surface area (Å²) in [5.41, 5.74) is 0.571. The van der Waals surface area contributed by atoms with E-state index in [1.165, 1.54) is 0 Å². The molecule has 1 N–H and O–H groups in total. The minimum atomic E-state index is -2.95. The van der Waals surface area contributed by atoms with Crippen molar-refractivity contribution < 1.29 is 13.2 Å². The molecule has 1 atom stereocenters. The first-order valence-electron chi connectivity index (χ1n) is 5.23. The second-order valence-corrected chi connectivity index (χ2v) is 7.56. The molecule has 0 spiro atoms. The van der Waals surface area contributed by atoms with Crippen molar-refractivity contribution in [2.45, 2.75) is 12.5 Å². The molecule has 1 aromatic rings. The molecule has 1 aliphatic heterocycles. The van der Waals surface area contributed by atoms with Gasteiger partial charge in [-0.05, 0) is 47.2 Å². The topological polar surface area (TPSA) is 63.2 Å². The highest BCUT2D eigenvalue weighted by molar-refractivity contribution is 14.1. The van der Waals surface area contributed by atoms with Gasteiger partial charge in [-0.15, -0.1) is 0 Å². The predicted molar refractivity (Wildman–Crippen MR) is 73.7 cm³/mol. The van der Waals surface area contributed by atoms with E-state index in [-0.39, 0.29) is 23.5 Å². The molecule has 1 aliphatic rings. The van der Waals surface area contributed by atoms with Crippen LogP contribution in [0.4, 0.5) is 0 Å². The van der Waals surface area contributed by atoms with Crippen molar-refractivity contribution in [1.29, 1.82) is 0 Å². The number of carbonyl (C=O) groups excluding carboxylic acids is 1. The fourth-order valence-electron chi connectivity index (χ4n) is 1.81. The summed E-state index contributed by atoms with van der Waals surface area (Å²) in [5.74, 6) is 0.0260. The van der Waals surface area contributed by atoms with Gasteiger partial charge < -0.3 is 5.32 Å². The molecule has 0 aliphatic carbocycles. The van der Waals surface area contributed by atoms with Crippen molar-refractivity contribution in [2.24, 2.45) is 0 Å². The van der Waals surface area contributed by atoms with Gasteiger partial charge in [0.1, 0.15) is 0 Å². The maximum atomic E-state index is 11.9. The van der Waals surface area contributed by atoms with Crippen LogP contribution in [-0.4, -0.2) is 31.9 Å². The van der Waals surface area contributed by atoms with Gasteiger partial charge in [0, 0.05) is 15.2 Å². The largest absolute Gasteiger partial charge is 0.348 e. The highest BCUT2D eigenvalue weighted by atomic mass is 127. The van der Waals surface area contributed by atoms with E-state index in [0.29, 0.717) is 12.0 Å². The summed E-state index contributed by atoms with van der Waals surface area (Å²) in [6.45, 7) is 0. The molecule has 0 bridgehead atoms. The van der Waals surface area contributed by atoms with Gasteiger partial charge in [0.15, 0.2) is 9.84 Å². The summed E-state index contributed by atoms with van der Waals surface area (Å²) in [5, 5.41) is 2.76. The number of nitrogens with one attached hydrogen (secondary N) is 1. The summed E-state index contributed by atoms with van der Waals surface area (Å²) >= 11 is 2.13. The molecule has 0 radical (unpaired) electrons. The van der Waals surface area contributed by atoms with Gasteiger partial charge in [0.05, 0.1) is 11.5 Å². The van der Waals surface area contributed by atoms with Crippen LogP contribution < -0.4 is 5.32 Å². The van der Waals surface area contributed by atoms with E-state index in [1.807, 2.05) is 12.1 Å². The Balaban J connectivity index is 2.03. The molecule has 4 nitrogen and oxygen atoms in total. The van der Waals surface area contributed by atoms with E-state index in [1.54, 1.807) is 12.1 Å². The van der Waals surface area contributed by atoms with Crippen molar-refractivity contribution >= 4 is 38.3 Å². The molecule has 92 valence electrons. The van der Waals surface area contributed by atoms with E-state index < -0.39 is 9.84 Å². The highest BCUT2D eigenvalue weighted by Crippen LogP contribution is 2.13. The number of rotatable bonds is 2. The molecular formula is C11H12INO3S. The zero-order valence-corrected chi connectivity index (χ0v) is 12.0. The van der Waals surface area contributed by atoms with Crippen molar-refractivity contribution in [1.82, 2.24) is 5.32 Å². The van der Waals surface area contributed by atoms with Crippen LogP contribution in [0.15, 0.2) is 24.3 Å². The lowest BCUT2D eigenvalue weighted by Crippen LogP contribution is -2.35. The molecular weight excluding hydrogens is 353 g/mol. The Labute approximate surface area is 114 Å². The van der Waals surface area contributed by atoms with Crippen LogP contribution in [-0.2, 0) is 9.84 Å². The van der Waals surface area contributed by atoms with Crippen LogP contribution in [0.25, 0.3) is 0 Å². The Morgan fingerprint density at radius 1 is 1.41 bits per heavy atom. The standard InChI is InChI=1S/C11H12INO3S/c12-9-3-1-2-8(6-9)11(14)13-10-4-5-17(15,16)7-10/h1-3,6,10H,4-5,7H2,(H,13,14). The van der Waals surface area contributed by atoms with E-state index in [2.05, 4.69) is 27.9 Å². The highest BCUT2D eigenvalue weighted by Gasteiger charge is 2.29. The Bertz CT molecular complexity index is 541. The molecule has 0 aromatic heterocycles. The molecule has 1 saturated heterocycles. The normalized spacial score (nSPS) is 22.3. The smallest absolute Gasteiger partial charge is 0.251 e. The van der Waals surface area contributed by atoms with Crippen LogP contribution in [0, 0.1) is 3.57 Å². The molecule has 1 fully saturated rings. The Morgan fingerprint density at radius 3 is 2.76 bits per heavy atom. The average Bonchev–Trinajstić information content (AvgIpc) is 2.58. The summed E-state index contributed by atoms with van der Waals surface area (Å²) in [6, 6.07) is 6.96. The number of benzene rings is 1. The third kappa shape index (κ3) is 3.41. The first-order chi connectivity index (χ1) is 7.96. The number of halogens is 1. The third-order valence-corrected chi connectivity index (χ3v) is 5.09. The molecule has 6 heteroatoms. The lowest BCUT2D eigenvalue weighted by Gasteiger charge is -2.10. The molecule has 1 unspecified atom stereocenters. The molecule has 17 heavy (non-hydrogen) atoms. The van der Waals surface area contributed by atoms with E-state index in [4.69, 9.17) is 0 Å². The average molecular weight is 365 g/mol. The summed E-state index contributed by atoms with van der Waals surface area (Å²) in [4.78, 5) is 11.9. The first kappa shape index (κ1) is 12.8. The Morgan fingerprint density at radius 2 is 2.18 bits per heavy atom. The van der Waals surface area contributed by atoms with E-state index in [9.17, 15) is 13.2 Å². The van der Waals surface area contributed by atoms with Gasteiger partial charge in [-0.3, -0.25) is 4.79 Å². The molecule has 1 heterocycles. The first-order valence-corrected chi connectivity index (χ1v) is 8.13. The molecule has 2 rings (SSSR count). The number of amides is 1. The zero-order chi connectivity index (χ0) is 12.5. The molecule has 0 saturated carbocycles. The minimum absolute atomic E-state index is 0.0582. The second-order valence-electron chi connectivity index (χ2n) is 4.08. The van der Waals surface area contributed by atoms with Gasteiger partial charge in [-0.25, -0.2) is 8.42 Å². The van der Waals surface area contributed by atoms with Crippen molar-refractivity contribution in [3.8, 4) is 0 Å². The summed E-state index contributed by atoms with van der Waals surface area (Å²) < 4.78 is 23.5. The lowest BCUT2D eigenvalue weighted by atomic mass is 10.2. The number of hydrogen-bond donors (Lipinski definition) is 1. The van der Waals surface area contributed by atoms with Crippen LogP contribution in [0.5, 0.6) is 0 Å². The number of sulfone groups is 1. The van der Waals surface area contributed by atoms with E-state index >= 15 is 0 Å². The number of carbonyl (C=O) groups is 1. The fourth-order valence-corrected chi connectivity index (χ4v) is 4.02. The zero-order valence-electron chi connectivity index (χ0n) is 9.02. The summed E-state index contributed by atoms with van der Waals surface area (Å²) in [6.07, 6.45) is 0.512. The van der Waals surface area contributed by atoms with Gasteiger partial charge >= 0.3 is 0 Å².